The summed E-state index contributed by atoms with van der Waals surface area (Å²) in [6.45, 7) is 8.00. The molecule has 2 heterocycles. The van der Waals surface area contributed by atoms with Crippen molar-refractivity contribution in [2.24, 2.45) is 0 Å². The first-order valence-electron chi connectivity index (χ1n) is 14.2. The van der Waals surface area contributed by atoms with Crippen molar-refractivity contribution in [1.29, 1.82) is 0 Å². The molecular weight excluding hydrogens is 569 g/mol. The maximum Gasteiger partial charge on any atom is 0.255 e. The lowest BCUT2D eigenvalue weighted by molar-refractivity contribution is -0.0987. The third-order valence-electron chi connectivity index (χ3n) is 7.00. The van der Waals surface area contributed by atoms with Gasteiger partial charge in [-0.1, -0.05) is 44.2 Å². The van der Waals surface area contributed by atoms with Crippen molar-refractivity contribution in [1.82, 2.24) is 10.3 Å². The number of nitrogens with one attached hydrogen (secondary N) is 1. The number of anilines is 1. The summed E-state index contributed by atoms with van der Waals surface area (Å²) in [5.74, 6) is -0.210. The Morgan fingerprint density at radius 1 is 0.800 bits per heavy atom. The van der Waals surface area contributed by atoms with E-state index in [0.717, 1.165) is 38.7 Å². The fraction of sp³-hybridized carbons (Fsp3) is 0.135. The summed E-state index contributed by atoms with van der Waals surface area (Å²) < 4.78 is 19.9. The SMILES string of the molecule is C=O.C=O.CC.CNC(=O)c1c(-c2ccc(F)cc2)oc2cc(N(C)C)c(-c3cccc(-c4ccc5cnccc5c4)c3)cc12. The van der Waals surface area contributed by atoms with Gasteiger partial charge in [0.05, 0.1) is 5.56 Å². The molecule has 0 saturated heterocycles. The Hall–Kier alpha value is -5.63. The fourth-order valence-electron chi connectivity index (χ4n) is 5.02. The van der Waals surface area contributed by atoms with E-state index in [1.165, 1.54) is 12.1 Å². The quantitative estimate of drug-likeness (QED) is 0.213. The zero-order valence-corrected chi connectivity index (χ0v) is 26.1. The second-order valence-electron chi connectivity index (χ2n) is 9.67. The van der Waals surface area contributed by atoms with E-state index in [1.807, 2.05) is 76.9 Å². The molecule has 0 fully saturated rings. The summed E-state index contributed by atoms with van der Waals surface area (Å²) in [6.07, 6.45) is 3.67. The molecule has 0 bridgehead atoms. The third kappa shape index (κ3) is 7.13. The van der Waals surface area contributed by atoms with Crippen molar-refractivity contribution in [3.05, 3.63) is 109 Å². The van der Waals surface area contributed by atoms with Crippen LogP contribution in [0.1, 0.15) is 24.2 Å². The lowest BCUT2D eigenvalue weighted by atomic mass is 9.95. The summed E-state index contributed by atoms with van der Waals surface area (Å²) in [5.41, 5.74) is 6.76. The average Bonchev–Trinajstić information content (AvgIpc) is 3.48. The van der Waals surface area contributed by atoms with Crippen LogP contribution in [0.25, 0.3) is 55.3 Å². The minimum Gasteiger partial charge on any atom is -0.455 e. The first-order chi connectivity index (χ1) is 21.9. The van der Waals surface area contributed by atoms with E-state index in [-0.39, 0.29) is 11.7 Å². The van der Waals surface area contributed by atoms with Gasteiger partial charge in [-0.25, -0.2) is 4.39 Å². The van der Waals surface area contributed by atoms with Gasteiger partial charge in [0.25, 0.3) is 5.91 Å². The standard InChI is InChI=1S/C33H26FN3O2.C2H6.2CH2O/c1-35-33(38)31-28-17-27(29(37(2)3)18-30(28)39-32(31)20-9-11-26(34)12-10-20)24-6-4-5-21(16-24)22-7-8-25-19-36-14-13-23(25)15-22;3*1-2/h4-19H,1-3H3,(H,35,38);1-2H3;2*1H2. The number of fused-ring (bicyclic) bond motifs is 2. The second-order valence-corrected chi connectivity index (χ2v) is 9.67. The molecule has 0 aliphatic carbocycles. The molecule has 8 heteroatoms. The van der Waals surface area contributed by atoms with Gasteiger partial charge in [-0.3, -0.25) is 9.78 Å². The maximum atomic E-state index is 13.6. The topological polar surface area (TPSA) is 92.5 Å². The van der Waals surface area contributed by atoms with Crippen molar-refractivity contribution < 1.29 is 23.2 Å². The molecular formula is C37H36FN3O4. The molecule has 6 rings (SSSR count). The smallest absolute Gasteiger partial charge is 0.255 e. The van der Waals surface area contributed by atoms with E-state index in [9.17, 15) is 9.18 Å². The number of carbonyl (C=O) groups is 3. The van der Waals surface area contributed by atoms with Crippen molar-refractivity contribution in [2.75, 3.05) is 26.0 Å². The number of hydrogen-bond donors (Lipinski definition) is 1. The van der Waals surface area contributed by atoms with Crippen LogP contribution in [0.15, 0.2) is 102 Å². The normalized spacial score (nSPS) is 10.0. The van der Waals surface area contributed by atoms with Gasteiger partial charge in [-0.15, -0.1) is 0 Å². The number of carbonyl (C=O) groups excluding carboxylic acids is 3. The third-order valence-corrected chi connectivity index (χ3v) is 7.00. The highest BCUT2D eigenvalue weighted by Crippen LogP contribution is 2.41. The Morgan fingerprint density at radius 2 is 1.44 bits per heavy atom. The molecule has 2 aromatic heterocycles. The number of hydrogen-bond acceptors (Lipinski definition) is 6. The summed E-state index contributed by atoms with van der Waals surface area (Å²) in [5, 5.41) is 5.65. The van der Waals surface area contributed by atoms with Crippen molar-refractivity contribution in [2.45, 2.75) is 13.8 Å². The van der Waals surface area contributed by atoms with Crippen molar-refractivity contribution >= 4 is 46.9 Å². The molecule has 0 unspecified atom stereocenters. The highest BCUT2D eigenvalue weighted by molar-refractivity contribution is 6.13. The zero-order chi connectivity index (χ0) is 33.1. The molecule has 0 aliphatic rings. The van der Waals surface area contributed by atoms with Gasteiger partial charge in [0.2, 0.25) is 0 Å². The van der Waals surface area contributed by atoms with Crippen LogP contribution in [0.5, 0.6) is 0 Å². The molecule has 6 aromatic rings. The van der Waals surface area contributed by atoms with Gasteiger partial charge in [0.15, 0.2) is 0 Å². The minimum absolute atomic E-state index is 0.268. The summed E-state index contributed by atoms with van der Waals surface area (Å²) >= 11 is 0. The average molecular weight is 606 g/mol. The Balaban J connectivity index is 0.000000870. The second kappa shape index (κ2) is 15.7. The molecule has 0 aliphatic heterocycles. The number of pyridine rings is 1. The Morgan fingerprint density at radius 3 is 2.11 bits per heavy atom. The van der Waals surface area contributed by atoms with E-state index < -0.39 is 0 Å². The molecule has 45 heavy (non-hydrogen) atoms. The van der Waals surface area contributed by atoms with Crippen LogP contribution in [-0.4, -0.2) is 45.6 Å². The molecule has 0 atom stereocenters. The number of halogens is 1. The summed E-state index contributed by atoms with van der Waals surface area (Å²) in [6, 6.07) is 26.7. The van der Waals surface area contributed by atoms with Crippen LogP contribution in [0.4, 0.5) is 10.1 Å². The molecule has 1 amide bonds. The van der Waals surface area contributed by atoms with Crippen LogP contribution >= 0.6 is 0 Å². The Labute approximate surface area is 262 Å². The predicted molar refractivity (Wildman–Crippen MR) is 181 cm³/mol. The van der Waals surface area contributed by atoms with Gasteiger partial charge < -0.3 is 24.2 Å². The molecule has 4 aromatic carbocycles. The Bertz CT molecular complexity index is 1900. The van der Waals surface area contributed by atoms with Crippen LogP contribution in [0, 0.1) is 5.82 Å². The molecule has 0 saturated carbocycles. The molecule has 0 radical (unpaired) electrons. The van der Waals surface area contributed by atoms with Gasteiger partial charge in [-0.2, -0.15) is 0 Å². The van der Waals surface area contributed by atoms with Gasteiger partial charge in [0.1, 0.15) is 30.7 Å². The highest BCUT2D eigenvalue weighted by Gasteiger charge is 2.24. The largest absolute Gasteiger partial charge is 0.455 e. The van der Waals surface area contributed by atoms with Crippen molar-refractivity contribution in [3.8, 4) is 33.6 Å². The molecule has 7 nitrogen and oxygen atoms in total. The lowest BCUT2D eigenvalue weighted by Crippen LogP contribution is -2.18. The van der Waals surface area contributed by atoms with Crippen LogP contribution in [0.3, 0.4) is 0 Å². The maximum absolute atomic E-state index is 13.6. The van der Waals surface area contributed by atoms with E-state index >= 15 is 0 Å². The number of furan rings is 1. The van der Waals surface area contributed by atoms with Crippen LogP contribution < -0.4 is 10.2 Å². The van der Waals surface area contributed by atoms with Gasteiger partial charge >= 0.3 is 0 Å². The number of nitrogens with zero attached hydrogens (tertiary/aromatic N) is 2. The lowest BCUT2D eigenvalue weighted by Gasteiger charge is -2.18. The fourth-order valence-corrected chi connectivity index (χ4v) is 5.02. The van der Waals surface area contributed by atoms with Crippen LogP contribution in [0.2, 0.25) is 0 Å². The minimum atomic E-state index is -0.350. The highest BCUT2D eigenvalue weighted by atomic mass is 19.1. The van der Waals surface area contributed by atoms with Crippen LogP contribution in [-0.2, 0) is 9.59 Å². The van der Waals surface area contributed by atoms with E-state index in [4.69, 9.17) is 14.0 Å². The molecule has 230 valence electrons. The number of benzene rings is 4. The Kier molecular flexibility index (Phi) is 11.8. The number of aromatic nitrogens is 1. The summed E-state index contributed by atoms with van der Waals surface area (Å²) in [7, 11) is 5.55. The zero-order valence-electron chi connectivity index (χ0n) is 26.1. The van der Waals surface area contributed by atoms with E-state index in [0.29, 0.717) is 27.9 Å². The molecule has 0 spiro atoms. The summed E-state index contributed by atoms with van der Waals surface area (Å²) in [4.78, 5) is 35.3. The molecule has 1 N–H and O–H groups in total. The van der Waals surface area contributed by atoms with Gasteiger partial charge in [0, 0.05) is 67.2 Å². The number of amides is 1. The first-order valence-corrected chi connectivity index (χ1v) is 14.2. The van der Waals surface area contributed by atoms with E-state index in [2.05, 4.69) is 46.7 Å². The van der Waals surface area contributed by atoms with E-state index in [1.54, 1.807) is 25.4 Å². The first kappa shape index (κ1) is 33.9. The number of rotatable bonds is 5. The predicted octanol–water partition coefficient (Wildman–Crippen LogP) is 8.20. The van der Waals surface area contributed by atoms with Gasteiger partial charge in [-0.05, 0) is 70.6 Å². The monoisotopic (exact) mass is 605 g/mol. The van der Waals surface area contributed by atoms with Crippen molar-refractivity contribution in [3.63, 3.8) is 0 Å².